The lowest BCUT2D eigenvalue weighted by Gasteiger charge is -2.11. The Hall–Kier alpha value is -1.74. The molecule has 1 aromatic heterocycles. The lowest BCUT2D eigenvalue weighted by atomic mass is 10.0. The lowest BCUT2D eigenvalue weighted by molar-refractivity contribution is 0.701. The van der Waals surface area contributed by atoms with Crippen LogP contribution < -0.4 is 5.73 Å². The summed E-state index contributed by atoms with van der Waals surface area (Å²) in [5, 5.41) is 0. The van der Waals surface area contributed by atoms with Crippen LogP contribution in [0.25, 0.3) is 0 Å². The number of nitrogens with two attached hydrogens (primary N) is 1. The number of rotatable bonds is 3. The zero-order valence-corrected chi connectivity index (χ0v) is 9.30. The fourth-order valence-corrected chi connectivity index (χ4v) is 1.66. The molecule has 0 saturated heterocycles. The minimum Gasteiger partial charge on any atom is -0.324 e. The molecule has 2 rings (SSSR count). The van der Waals surface area contributed by atoms with Crippen LogP contribution >= 0.6 is 0 Å². The van der Waals surface area contributed by atoms with Gasteiger partial charge in [-0.2, -0.15) is 0 Å². The van der Waals surface area contributed by atoms with Gasteiger partial charge in [0.2, 0.25) is 0 Å². The van der Waals surface area contributed by atoms with Crippen LogP contribution in [0.1, 0.15) is 23.1 Å². The molecule has 1 unspecified atom stereocenters. The molecule has 1 atom stereocenters. The fourth-order valence-electron chi connectivity index (χ4n) is 1.66. The predicted octanol–water partition coefficient (Wildman–Crippen LogP) is 2.03. The molecule has 0 aliphatic carbocycles. The zero-order chi connectivity index (χ0) is 11.4. The van der Waals surface area contributed by atoms with E-state index < -0.39 is 0 Å². The van der Waals surface area contributed by atoms with Crippen LogP contribution in [0, 0.1) is 6.92 Å². The highest BCUT2D eigenvalue weighted by Crippen LogP contribution is 2.14. The van der Waals surface area contributed by atoms with Crippen LogP contribution in [-0.4, -0.2) is 9.97 Å². The molecular formula is C13H15N3. The van der Waals surface area contributed by atoms with Crippen molar-refractivity contribution < 1.29 is 0 Å². The first-order valence-corrected chi connectivity index (χ1v) is 5.35. The van der Waals surface area contributed by atoms with Crippen molar-refractivity contribution in [1.29, 1.82) is 0 Å². The molecule has 0 radical (unpaired) electrons. The Morgan fingerprint density at radius 2 is 1.94 bits per heavy atom. The predicted molar refractivity (Wildman–Crippen MR) is 63.8 cm³/mol. The first-order valence-electron chi connectivity index (χ1n) is 5.35. The normalized spacial score (nSPS) is 12.4. The Balaban J connectivity index is 2.11. The van der Waals surface area contributed by atoms with Crippen molar-refractivity contribution in [3.05, 3.63) is 59.7 Å². The Kier molecular flexibility index (Phi) is 3.27. The van der Waals surface area contributed by atoms with E-state index in [0.29, 0.717) is 0 Å². The van der Waals surface area contributed by atoms with E-state index in [1.165, 1.54) is 0 Å². The summed E-state index contributed by atoms with van der Waals surface area (Å²) in [5.41, 5.74) is 8.24. The number of benzene rings is 1. The Bertz CT molecular complexity index is 454. The van der Waals surface area contributed by atoms with Gasteiger partial charge in [0, 0.05) is 24.4 Å². The van der Waals surface area contributed by atoms with E-state index in [1.54, 1.807) is 6.20 Å². The smallest absolute Gasteiger partial charge is 0.125 e. The summed E-state index contributed by atoms with van der Waals surface area (Å²) in [6, 6.07) is 12.0. The average molecular weight is 213 g/mol. The van der Waals surface area contributed by atoms with Crippen molar-refractivity contribution in [3.63, 3.8) is 0 Å². The summed E-state index contributed by atoms with van der Waals surface area (Å²) in [6.07, 6.45) is 2.52. The number of aromatic nitrogens is 2. The van der Waals surface area contributed by atoms with Crippen molar-refractivity contribution in [1.82, 2.24) is 9.97 Å². The molecule has 0 saturated carbocycles. The summed E-state index contributed by atoms with van der Waals surface area (Å²) in [5.74, 6) is 0.790. The maximum Gasteiger partial charge on any atom is 0.125 e. The summed E-state index contributed by atoms with van der Waals surface area (Å²) in [4.78, 5) is 8.42. The maximum atomic E-state index is 6.12. The maximum absolute atomic E-state index is 6.12. The van der Waals surface area contributed by atoms with Gasteiger partial charge in [-0.3, -0.25) is 0 Å². The molecule has 0 aliphatic heterocycles. The second-order valence-electron chi connectivity index (χ2n) is 3.82. The first-order chi connectivity index (χ1) is 7.75. The van der Waals surface area contributed by atoms with E-state index >= 15 is 0 Å². The Labute approximate surface area is 95.4 Å². The standard InChI is InChI=1S/C13H15N3/c1-10-15-8-7-12(16-10)9-13(14)11-5-3-2-4-6-11/h2-8,13H,9,14H2,1H3. The zero-order valence-electron chi connectivity index (χ0n) is 9.30. The number of hydrogen-bond donors (Lipinski definition) is 1. The van der Waals surface area contributed by atoms with Crippen molar-refractivity contribution >= 4 is 0 Å². The van der Waals surface area contributed by atoms with Crippen molar-refractivity contribution in [2.24, 2.45) is 5.73 Å². The van der Waals surface area contributed by atoms with Gasteiger partial charge in [-0.05, 0) is 18.6 Å². The van der Waals surface area contributed by atoms with Gasteiger partial charge in [-0.15, -0.1) is 0 Å². The van der Waals surface area contributed by atoms with Gasteiger partial charge >= 0.3 is 0 Å². The van der Waals surface area contributed by atoms with Crippen LogP contribution in [0.15, 0.2) is 42.6 Å². The molecule has 2 aromatic rings. The highest BCUT2D eigenvalue weighted by atomic mass is 14.9. The summed E-state index contributed by atoms with van der Waals surface area (Å²) >= 11 is 0. The molecule has 1 aromatic carbocycles. The van der Waals surface area contributed by atoms with Crippen LogP contribution in [0.3, 0.4) is 0 Å². The molecule has 2 N–H and O–H groups in total. The van der Waals surface area contributed by atoms with E-state index in [1.807, 2.05) is 43.3 Å². The summed E-state index contributed by atoms with van der Waals surface area (Å²) in [7, 11) is 0. The quantitative estimate of drug-likeness (QED) is 0.848. The molecule has 0 bridgehead atoms. The third kappa shape index (κ3) is 2.64. The molecule has 3 heteroatoms. The van der Waals surface area contributed by atoms with Crippen molar-refractivity contribution in [3.8, 4) is 0 Å². The minimum atomic E-state index is -0.00417. The van der Waals surface area contributed by atoms with Gasteiger partial charge < -0.3 is 5.73 Å². The van der Waals surface area contributed by atoms with Gasteiger partial charge in [0.05, 0.1) is 0 Å². The molecule has 0 aliphatic rings. The largest absolute Gasteiger partial charge is 0.324 e. The second-order valence-corrected chi connectivity index (χ2v) is 3.82. The molecule has 82 valence electrons. The SMILES string of the molecule is Cc1nccc(CC(N)c2ccccc2)n1. The summed E-state index contributed by atoms with van der Waals surface area (Å²) in [6.45, 7) is 1.89. The second kappa shape index (κ2) is 4.86. The molecular weight excluding hydrogens is 198 g/mol. The number of hydrogen-bond acceptors (Lipinski definition) is 3. The van der Waals surface area contributed by atoms with Crippen molar-refractivity contribution in [2.45, 2.75) is 19.4 Å². The fraction of sp³-hybridized carbons (Fsp3) is 0.231. The number of aryl methyl sites for hydroxylation is 1. The monoisotopic (exact) mass is 213 g/mol. The summed E-state index contributed by atoms with van der Waals surface area (Å²) < 4.78 is 0. The van der Waals surface area contributed by atoms with E-state index in [4.69, 9.17) is 5.73 Å². The molecule has 16 heavy (non-hydrogen) atoms. The van der Waals surface area contributed by atoms with Crippen LogP contribution in [0.2, 0.25) is 0 Å². The molecule has 0 spiro atoms. The lowest BCUT2D eigenvalue weighted by Crippen LogP contribution is -2.14. The van der Waals surface area contributed by atoms with Crippen LogP contribution in [-0.2, 0) is 6.42 Å². The first kappa shape index (κ1) is 10.8. The molecule has 1 heterocycles. The van der Waals surface area contributed by atoms with Gasteiger partial charge in [0.25, 0.3) is 0 Å². The average Bonchev–Trinajstić information content (AvgIpc) is 2.30. The third-order valence-corrected chi connectivity index (χ3v) is 2.49. The molecule has 0 amide bonds. The number of nitrogens with zero attached hydrogens (tertiary/aromatic N) is 2. The Morgan fingerprint density at radius 1 is 1.19 bits per heavy atom. The van der Waals surface area contributed by atoms with Crippen molar-refractivity contribution in [2.75, 3.05) is 0 Å². The highest BCUT2D eigenvalue weighted by Gasteiger charge is 2.07. The van der Waals surface area contributed by atoms with Gasteiger partial charge in [0.15, 0.2) is 0 Å². The Morgan fingerprint density at radius 3 is 2.62 bits per heavy atom. The van der Waals surface area contributed by atoms with E-state index in [9.17, 15) is 0 Å². The van der Waals surface area contributed by atoms with Crippen LogP contribution in [0.5, 0.6) is 0 Å². The molecule has 0 fully saturated rings. The third-order valence-electron chi connectivity index (χ3n) is 2.49. The van der Waals surface area contributed by atoms with Gasteiger partial charge in [-0.1, -0.05) is 30.3 Å². The van der Waals surface area contributed by atoms with E-state index in [0.717, 1.165) is 23.5 Å². The topological polar surface area (TPSA) is 51.8 Å². The molecule has 3 nitrogen and oxygen atoms in total. The highest BCUT2D eigenvalue weighted by molar-refractivity contribution is 5.20. The van der Waals surface area contributed by atoms with E-state index in [-0.39, 0.29) is 6.04 Å². The van der Waals surface area contributed by atoms with Gasteiger partial charge in [0.1, 0.15) is 5.82 Å². The van der Waals surface area contributed by atoms with Crippen LogP contribution in [0.4, 0.5) is 0 Å². The van der Waals surface area contributed by atoms with Gasteiger partial charge in [-0.25, -0.2) is 9.97 Å². The van der Waals surface area contributed by atoms with E-state index in [2.05, 4.69) is 9.97 Å². The minimum absolute atomic E-state index is 0.00417.